The number of carbonyl (C=O) groups excluding carboxylic acids is 2. The Labute approximate surface area is 237 Å². The van der Waals surface area contributed by atoms with Gasteiger partial charge in [-0.05, 0) is 53.5 Å². The second-order valence-corrected chi connectivity index (χ2v) is 10.8. The minimum absolute atomic E-state index is 0.0222. The zero-order chi connectivity index (χ0) is 29.5. The van der Waals surface area contributed by atoms with Gasteiger partial charge < -0.3 is 18.9 Å². The normalized spacial score (nSPS) is 20.5. The van der Waals surface area contributed by atoms with Gasteiger partial charge in [-0.15, -0.1) is 6.58 Å². The lowest BCUT2D eigenvalue weighted by Crippen LogP contribution is -3.02. The van der Waals surface area contributed by atoms with Crippen LogP contribution < -0.4 is 19.4 Å². The van der Waals surface area contributed by atoms with Crippen LogP contribution in [0.4, 0.5) is 5.69 Å². The van der Waals surface area contributed by atoms with Gasteiger partial charge in [0.2, 0.25) is 12.5 Å². The number of quaternary nitrogens is 1. The number of hydrogen-bond donors (Lipinski definition) is 3. The summed E-state index contributed by atoms with van der Waals surface area (Å²) in [6, 6.07) is 8.46. The molecule has 214 valence electrons. The molecule has 0 radical (unpaired) electrons. The monoisotopic (exact) mass is 560 g/mol. The number of aldehydes is 1. The Bertz CT molecular complexity index is 1610. The predicted octanol–water partition coefficient (Wildman–Crippen LogP) is 5.24. The molecule has 5 rings (SSSR count). The number of hydrogen-bond acceptors (Lipinski definition) is 8. The van der Waals surface area contributed by atoms with Crippen molar-refractivity contribution in [1.82, 2.24) is 0 Å². The number of esters is 1. The highest BCUT2D eigenvalue weighted by atomic mass is 16.8. The Kier molecular flexibility index (Phi) is 7.61. The van der Waals surface area contributed by atoms with Crippen LogP contribution in [0.15, 0.2) is 66.8 Å². The third kappa shape index (κ3) is 4.86. The summed E-state index contributed by atoms with van der Waals surface area (Å²) in [6.45, 7) is 11.8. The largest absolute Gasteiger partial charge is 0.496 e. The molecule has 3 aromatic rings. The van der Waals surface area contributed by atoms with E-state index in [1.807, 2.05) is 12.1 Å². The Morgan fingerprint density at radius 1 is 1.24 bits per heavy atom. The first-order chi connectivity index (χ1) is 19.6. The highest BCUT2D eigenvalue weighted by Crippen LogP contribution is 2.49. The van der Waals surface area contributed by atoms with Gasteiger partial charge in [-0.1, -0.05) is 43.4 Å². The fraction of sp³-hybridized carbons (Fsp3) is 0.312. The van der Waals surface area contributed by atoms with Crippen molar-refractivity contribution in [2.45, 2.75) is 39.2 Å². The topological polar surface area (TPSA) is 116 Å². The van der Waals surface area contributed by atoms with Crippen LogP contribution in [-0.2, 0) is 9.53 Å². The quantitative estimate of drug-likeness (QED) is 0.0812. The molecule has 1 heterocycles. The standard InChI is InChI=1S/C32H33NO8/c1-6-32(4)12-8-9-20(29(32)18(2)16-34)13-19(3)41-31(35)23-15-26-30(40-17-39-26)28-21-10-7-11-25(38-5)22(21)14-24(27(23)28)33(36)37/h6-7,9-11,14-16,19,29,36-37H,1-2,8,12-13,17H2,3-5H3/p+1/t19-,29-,32+/m1/s1. The summed E-state index contributed by atoms with van der Waals surface area (Å²) in [5, 5.41) is 21.7. The van der Waals surface area contributed by atoms with E-state index in [-0.39, 0.29) is 34.8 Å². The molecule has 3 atom stereocenters. The summed E-state index contributed by atoms with van der Waals surface area (Å²) in [6.07, 6.45) is 6.18. The van der Waals surface area contributed by atoms with E-state index in [0.29, 0.717) is 45.4 Å². The van der Waals surface area contributed by atoms with Crippen molar-refractivity contribution in [3.8, 4) is 17.2 Å². The highest BCUT2D eigenvalue weighted by molar-refractivity contribution is 6.22. The maximum Gasteiger partial charge on any atom is 0.339 e. The van der Waals surface area contributed by atoms with Gasteiger partial charge in [0, 0.05) is 29.2 Å². The van der Waals surface area contributed by atoms with Gasteiger partial charge in [-0.3, -0.25) is 4.79 Å². The molecule has 9 heteroatoms. The smallest absolute Gasteiger partial charge is 0.339 e. The molecule has 3 N–H and O–H groups in total. The molecule has 41 heavy (non-hydrogen) atoms. The van der Waals surface area contributed by atoms with E-state index in [1.54, 1.807) is 25.1 Å². The van der Waals surface area contributed by atoms with E-state index in [4.69, 9.17) is 18.9 Å². The molecular formula is C32H34NO8+. The Hall–Kier alpha value is -4.18. The molecule has 0 saturated carbocycles. The number of allylic oxidation sites excluding steroid dienone is 3. The fourth-order valence-electron chi connectivity index (χ4n) is 6.25. The van der Waals surface area contributed by atoms with Crippen molar-refractivity contribution in [2.75, 3.05) is 13.9 Å². The van der Waals surface area contributed by atoms with E-state index in [0.717, 1.165) is 24.7 Å². The second-order valence-electron chi connectivity index (χ2n) is 10.8. The first kappa shape index (κ1) is 28.4. The lowest BCUT2D eigenvalue weighted by Gasteiger charge is -2.40. The van der Waals surface area contributed by atoms with Crippen LogP contribution in [0.5, 0.6) is 17.2 Å². The van der Waals surface area contributed by atoms with Crippen LogP contribution in [0, 0.1) is 11.3 Å². The molecule has 1 aliphatic heterocycles. The van der Waals surface area contributed by atoms with Crippen LogP contribution in [0.1, 0.15) is 43.5 Å². The van der Waals surface area contributed by atoms with Gasteiger partial charge in [0.1, 0.15) is 18.1 Å². The first-order valence-corrected chi connectivity index (χ1v) is 13.4. The number of ether oxygens (including phenoxy) is 4. The van der Waals surface area contributed by atoms with Gasteiger partial charge in [-0.2, -0.15) is 10.4 Å². The molecular weight excluding hydrogens is 526 g/mol. The summed E-state index contributed by atoms with van der Waals surface area (Å²) in [7, 11) is 1.52. The van der Waals surface area contributed by atoms with Crippen molar-refractivity contribution in [3.63, 3.8) is 0 Å². The van der Waals surface area contributed by atoms with Gasteiger partial charge in [-0.25, -0.2) is 4.79 Å². The molecule has 1 aliphatic carbocycles. The van der Waals surface area contributed by atoms with Crippen molar-refractivity contribution in [2.24, 2.45) is 11.3 Å². The number of fused-ring (bicyclic) bond motifs is 5. The number of methoxy groups -OCH3 is 1. The SMILES string of the molecule is C=C[C@@]1(C)CCC=C(C[C@@H](C)OC(=O)c2cc3c(c4c2c([NH+](O)O)cc2c(OC)cccc24)OCO3)[C@H]1C(=C)C=O. The third-order valence-corrected chi connectivity index (χ3v) is 8.18. The van der Waals surface area contributed by atoms with Crippen molar-refractivity contribution < 1.29 is 44.2 Å². The molecule has 0 fully saturated rings. The molecule has 2 aliphatic rings. The molecule has 0 amide bonds. The summed E-state index contributed by atoms with van der Waals surface area (Å²) in [4.78, 5) is 25.5. The van der Waals surface area contributed by atoms with Crippen LogP contribution in [0.2, 0.25) is 0 Å². The second kappa shape index (κ2) is 11.0. The third-order valence-electron chi connectivity index (χ3n) is 8.18. The zero-order valence-corrected chi connectivity index (χ0v) is 23.4. The number of nitrogens with one attached hydrogen (secondary N) is 1. The molecule has 0 bridgehead atoms. The average molecular weight is 561 g/mol. The van der Waals surface area contributed by atoms with Gasteiger partial charge in [0.15, 0.2) is 11.5 Å². The van der Waals surface area contributed by atoms with Gasteiger partial charge in [0.25, 0.3) is 0 Å². The minimum atomic E-state index is -0.963. The summed E-state index contributed by atoms with van der Waals surface area (Å²) in [5.41, 5.74) is 1.20. The van der Waals surface area contributed by atoms with E-state index in [1.165, 1.54) is 13.2 Å². The van der Waals surface area contributed by atoms with Crippen LogP contribution in [-0.4, -0.2) is 42.7 Å². The maximum absolute atomic E-state index is 13.8. The minimum Gasteiger partial charge on any atom is -0.496 e. The number of benzene rings is 3. The Morgan fingerprint density at radius 3 is 2.71 bits per heavy atom. The predicted molar refractivity (Wildman–Crippen MR) is 152 cm³/mol. The number of carbonyl (C=O) groups is 2. The Morgan fingerprint density at radius 2 is 2.02 bits per heavy atom. The molecule has 0 aromatic heterocycles. The van der Waals surface area contributed by atoms with Crippen molar-refractivity contribution in [1.29, 1.82) is 0 Å². The van der Waals surface area contributed by atoms with Crippen molar-refractivity contribution in [3.05, 3.63) is 72.4 Å². The zero-order valence-electron chi connectivity index (χ0n) is 23.4. The van der Waals surface area contributed by atoms with Crippen molar-refractivity contribution >= 4 is 39.5 Å². The van der Waals surface area contributed by atoms with E-state index in [9.17, 15) is 20.0 Å². The van der Waals surface area contributed by atoms with Gasteiger partial charge in [0.05, 0.1) is 18.1 Å². The lowest BCUT2D eigenvalue weighted by molar-refractivity contribution is -1.19. The summed E-state index contributed by atoms with van der Waals surface area (Å²) >= 11 is 0. The molecule has 3 aromatic carbocycles. The highest BCUT2D eigenvalue weighted by Gasteiger charge is 2.38. The lowest BCUT2D eigenvalue weighted by atomic mass is 9.64. The van der Waals surface area contributed by atoms with Crippen LogP contribution >= 0.6 is 0 Å². The summed E-state index contributed by atoms with van der Waals surface area (Å²) < 4.78 is 22.9. The molecule has 0 saturated heterocycles. The maximum atomic E-state index is 13.8. The van der Waals surface area contributed by atoms with Crippen LogP contribution in [0.3, 0.4) is 0 Å². The Balaban J connectivity index is 1.57. The summed E-state index contributed by atoms with van der Waals surface area (Å²) in [5.74, 6) is 0.332. The molecule has 0 spiro atoms. The fourth-order valence-corrected chi connectivity index (χ4v) is 6.25. The average Bonchev–Trinajstić information content (AvgIpc) is 3.44. The van der Waals surface area contributed by atoms with Crippen LogP contribution in [0.25, 0.3) is 21.5 Å². The van der Waals surface area contributed by atoms with Gasteiger partial charge >= 0.3 is 5.97 Å². The van der Waals surface area contributed by atoms with E-state index in [2.05, 4.69) is 26.2 Å². The van der Waals surface area contributed by atoms with E-state index >= 15 is 0 Å². The molecule has 0 unspecified atom stereocenters. The molecule has 9 nitrogen and oxygen atoms in total. The van der Waals surface area contributed by atoms with E-state index < -0.39 is 17.3 Å². The number of rotatable bonds is 9. The first-order valence-electron chi connectivity index (χ1n) is 13.4.